The number of hydrogen-bond donors (Lipinski definition) is 1. The van der Waals surface area contributed by atoms with Crippen LogP contribution in [0.25, 0.3) is 0 Å². The molecule has 0 aromatic heterocycles. The van der Waals surface area contributed by atoms with Gasteiger partial charge in [-0.1, -0.05) is 48.5 Å². The fourth-order valence-corrected chi connectivity index (χ4v) is 2.71. The predicted molar refractivity (Wildman–Crippen MR) is 83.2 cm³/mol. The summed E-state index contributed by atoms with van der Waals surface area (Å²) in [5, 5.41) is 3.64. The summed E-state index contributed by atoms with van der Waals surface area (Å²) in [6, 6.07) is 19.7. The summed E-state index contributed by atoms with van der Waals surface area (Å²) >= 11 is 0. The molecule has 0 radical (unpaired) electrons. The minimum absolute atomic E-state index is 0.445. The maximum absolute atomic E-state index is 5.55. The molecule has 1 fully saturated rings. The van der Waals surface area contributed by atoms with Gasteiger partial charge in [0.2, 0.25) is 0 Å². The zero-order valence-corrected chi connectivity index (χ0v) is 11.7. The Morgan fingerprint density at radius 2 is 1.80 bits per heavy atom. The first-order valence-corrected chi connectivity index (χ1v) is 7.38. The highest BCUT2D eigenvalue weighted by atomic mass is 16.5. The number of ether oxygens (including phenoxy) is 1. The molecule has 0 saturated carbocycles. The molecule has 2 nitrogen and oxygen atoms in total. The Bertz CT molecular complexity index is 532. The van der Waals surface area contributed by atoms with Crippen LogP contribution in [0, 0.1) is 0 Å². The Morgan fingerprint density at radius 1 is 1.00 bits per heavy atom. The van der Waals surface area contributed by atoms with Gasteiger partial charge in [-0.2, -0.15) is 0 Å². The van der Waals surface area contributed by atoms with Crippen molar-refractivity contribution in [3.05, 3.63) is 65.7 Å². The normalized spacial score (nSPS) is 18.7. The smallest absolute Gasteiger partial charge is 0.0667 e. The van der Waals surface area contributed by atoms with Crippen LogP contribution in [-0.4, -0.2) is 19.3 Å². The zero-order chi connectivity index (χ0) is 13.6. The number of rotatable bonds is 4. The first kappa shape index (κ1) is 13.2. The number of hydrogen-bond acceptors (Lipinski definition) is 2. The van der Waals surface area contributed by atoms with E-state index in [4.69, 9.17) is 4.74 Å². The Labute approximate surface area is 120 Å². The molecule has 0 bridgehead atoms. The number of para-hydroxylation sites is 1. The van der Waals surface area contributed by atoms with Crippen LogP contribution < -0.4 is 5.32 Å². The van der Waals surface area contributed by atoms with E-state index in [1.165, 1.54) is 23.2 Å². The van der Waals surface area contributed by atoms with E-state index in [-0.39, 0.29) is 0 Å². The first-order chi connectivity index (χ1) is 9.92. The maximum Gasteiger partial charge on any atom is 0.0667 e. The van der Waals surface area contributed by atoms with Crippen molar-refractivity contribution in [2.75, 3.05) is 18.5 Å². The van der Waals surface area contributed by atoms with Gasteiger partial charge in [0, 0.05) is 18.3 Å². The molecule has 1 aliphatic rings. The standard InChI is InChI=1S/C18H21NO/c1-2-7-15(8-3-1)13-16-9-4-5-11-18(16)19-17-10-6-12-20-14-17/h1-5,7-9,11,17,19H,6,10,12-14H2. The van der Waals surface area contributed by atoms with Gasteiger partial charge >= 0.3 is 0 Å². The lowest BCUT2D eigenvalue weighted by atomic mass is 10.0. The molecule has 1 saturated heterocycles. The second kappa shape index (κ2) is 6.58. The average Bonchev–Trinajstić information content (AvgIpc) is 2.51. The van der Waals surface area contributed by atoms with E-state index in [0.29, 0.717) is 6.04 Å². The monoisotopic (exact) mass is 267 g/mol. The van der Waals surface area contributed by atoms with Gasteiger partial charge in [-0.15, -0.1) is 0 Å². The van der Waals surface area contributed by atoms with Gasteiger partial charge in [0.25, 0.3) is 0 Å². The summed E-state index contributed by atoms with van der Waals surface area (Å²) in [6.45, 7) is 1.73. The van der Waals surface area contributed by atoms with Crippen molar-refractivity contribution in [2.45, 2.75) is 25.3 Å². The molecule has 1 unspecified atom stereocenters. The van der Waals surface area contributed by atoms with E-state index in [0.717, 1.165) is 26.1 Å². The number of nitrogens with one attached hydrogen (secondary N) is 1. The van der Waals surface area contributed by atoms with Crippen LogP contribution in [-0.2, 0) is 11.2 Å². The van der Waals surface area contributed by atoms with Crippen molar-refractivity contribution in [3.8, 4) is 0 Å². The van der Waals surface area contributed by atoms with Crippen molar-refractivity contribution in [3.63, 3.8) is 0 Å². The Kier molecular flexibility index (Phi) is 4.34. The fourth-order valence-electron chi connectivity index (χ4n) is 2.71. The van der Waals surface area contributed by atoms with E-state index in [2.05, 4.69) is 59.9 Å². The predicted octanol–water partition coefficient (Wildman–Crippen LogP) is 3.87. The van der Waals surface area contributed by atoms with E-state index in [1.807, 2.05) is 0 Å². The van der Waals surface area contributed by atoms with Crippen LogP contribution >= 0.6 is 0 Å². The molecule has 2 aromatic carbocycles. The number of benzene rings is 2. The number of anilines is 1. The highest BCUT2D eigenvalue weighted by molar-refractivity contribution is 5.53. The highest BCUT2D eigenvalue weighted by Gasteiger charge is 2.14. The van der Waals surface area contributed by atoms with Gasteiger partial charge in [-0.3, -0.25) is 0 Å². The SMILES string of the molecule is c1ccc(Cc2ccccc2NC2CCCOC2)cc1. The third-order valence-corrected chi connectivity index (χ3v) is 3.77. The largest absolute Gasteiger partial charge is 0.380 e. The van der Waals surface area contributed by atoms with Crippen LogP contribution in [0.1, 0.15) is 24.0 Å². The minimum Gasteiger partial charge on any atom is -0.380 e. The molecule has 3 rings (SSSR count). The Balaban J connectivity index is 1.74. The summed E-state index contributed by atoms with van der Waals surface area (Å²) < 4.78 is 5.55. The molecule has 20 heavy (non-hydrogen) atoms. The van der Waals surface area contributed by atoms with Gasteiger partial charge in [0.1, 0.15) is 0 Å². The van der Waals surface area contributed by atoms with Crippen molar-refractivity contribution in [2.24, 2.45) is 0 Å². The van der Waals surface area contributed by atoms with Gasteiger partial charge in [-0.25, -0.2) is 0 Å². The van der Waals surface area contributed by atoms with Gasteiger partial charge in [-0.05, 0) is 36.5 Å². The third kappa shape index (κ3) is 3.40. The van der Waals surface area contributed by atoms with Crippen molar-refractivity contribution in [1.82, 2.24) is 0 Å². The summed E-state index contributed by atoms with van der Waals surface area (Å²) in [6.07, 6.45) is 3.32. The van der Waals surface area contributed by atoms with Crippen molar-refractivity contribution < 1.29 is 4.74 Å². The Hall–Kier alpha value is -1.80. The van der Waals surface area contributed by atoms with E-state index in [9.17, 15) is 0 Å². The average molecular weight is 267 g/mol. The van der Waals surface area contributed by atoms with Crippen molar-refractivity contribution in [1.29, 1.82) is 0 Å². The second-order valence-electron chi connectivity index (χ2n) is 5.38. The molecule has 1 atom stereocenters. The molecule has 1 aliphatic heterocycles. The molecular weight excluding hydrogens is 246 g/mol. The second-order valence-corrected chi connectivity index (χ2v) is 5.38. The summed E-state index contributed by atoms with van der Waals surface area (Å²) in [5.74, 6) is 0. The summed E-state index contributed by atoms with van der Waals surface area (Å²) in [5.41, 5.74) is 3.94. The summed E-state index contributed by atoms with van der Waals surface area (Å²) in [4.78, 5) is 0. The van der Waals surface area contributed by atoms with Crippen LogP contribution in [0.3, 0.4) is 0 Å². The highest BCUT2D eigenvalue weighted by Crippen LogP contribution is 2.21. The van der Waals surface area contributed by atoms with E-state index < -0.39 is 0 Å². The van der Waals surface area contributed by atoms with Gasteiger partial charge in [0.15, 0.2) is 0 Å². The van der Waals surface area contributed by atoms with Crippen LogP contribution in [0.15, 0.2) is 54.6 Å². The molecule has 104 valence electrons. The quantitative estimate of drug-likeness (QED) is 0.908. The lowest BCUT2D eigenvalue weighted by Crippen LogP contribution is -2.30. The third-order valence-electron chi connectivity index (χ3n) is 3.77. The maximum atomic E-state index is 5.55. The molecule has 0 spiro atoms. The molecular formula is C18H21NO. The lowest BCUT2D eigenvalue weighted by Gasteiger charge is -2.25. The van der Waals surface area contributed by atoms with Crippen molar-refractivity contribution >= 4 is 5.69 Å². The summed E-state index contributed by atoms with van der Waals surface area (Å²) in [7, 11) is 0. The molecule has 2 heteroatoms. The van der Waals surface area contributed by atoms with Crippen LogP contribution in [0.2, 0.25) is 0 Å². The topological polar surface area (TPSA) is 21.3 Å². The molecule has 0 amide bonds. The Morgan fingerprint density at radius 3 is 2.60 bits per heavy atom. The first-order valence-electron chi connectivity index (χ1n) is 7.38. The molecule has 0 aliphatic carbocycles. The minimum atomic E-state index is 0.445. The molecule has 1 N–H and O–H groups in total. The van der Waals surface area contributed by atoms with Crippen LogP contribution in [0.4, 0.5) is 5.69 Å². The fraction of sp³-hybridized carbons (Fsp3) is 0.333. The zero-order valence-electron chi connectivity index (χ0n) is 11.7. The van der Waals surface area contributed by atoms with E-state index in [1.54, 1.807) is 0 Å². The molecule has 1 heterocycles. The van der Waals surface area contributed by atoms with Crippen LogP contribution in [0.5, 0.6) is 0 Å². The van der Waals surface area contributed by atoms with E-state index >= 15 is 0 Å². The van der Waals surface area contributed by atoms with Gasteiger partial charge < -0.3 is 10.1 Å². The van der Waals surface area contributed by atoms with Gasteiger partial charge in [0.05, 0.1) is 6.61 Å². The molecule has 2 aromatic rings. The lowest BCUT2D eigenvalue weighted by molar-refractivity contribution is 0.0876.